The highest BCUT2D eigenvalue weighted by atomic mass is 35.5. The molecule has 0 aliphatic carbocycles. The van der Waals surface area contributed by atoms with E-state index in [0.717, 1.165) is 20.1 Å². The summed E-state index contributed by atoms with van der Waals surface area (Å²) in [7, 11) is 0. The molecule has 2 aromatic rings. The lowest BCUT2D eigenvalue weighted by Gasteiger charge is -2.30. The van der Waals surface area contributed by atoms with Gasteiger partial charge in [-0.25, -0.2) is 0 Å². The Morgan fingerprint density at radius 2 is 1.86 bits per heavy atom. The third kappa shape index (κ3) is 1.67. The summed E-state index contributed by atoms with van der Waals surface area (Å²) >= 11 is 5.92. The van der Waals surface area contributed by atoms with E-state index in [-0.39, 0.29) is 0 Å². The van der Waals surface area contributed by atoms with Crippen LogP contribution in [0.3, 0.4) is 0 Å². The molecule has 3 heterocycles. The van der Waals surface area contributed by atoms with Crippen molar-refractivity contribution in [3.63, 3.8) is 0 Å². The number of benzene rings is 1. The van der Waals surface area contributed by atoms with E-state index in [2.05, 4.69) is 0 Å². The van der Waals surface area contributed by atoms with Gasteiger partial charge >= 0.3 is 6.97 Å². The Kier molecular flexibility index (Phi) is 2.51. The summed E-state index contributed by atoms with van der Waals surface area (Å²) < 4.78 is 31.2. The lowest BCUT2D eigenvalue weighted by molar-refractivity contribution is -0.356. The molecular weight excluding hydrogens is 292 g/mol. The van der Waals surface area contributed by atoms with Crippen LogP contribution in [0.1, 0.15) is 11.3 Å². The topological polar surface area (TPSA) is 7.94 Å². The lowest BCUT2D eigenvalue weighted by atomic mass is 9.86. The SMILES string of the molecule is F[B-]1(F)n2cccc2C(c2ccc(Cl)cc2)=C2C=CC=[N+]21. The predicted molar refractivity (Wildman–Crippen MR) is 80.7 cm³/mol. The number of allylic oxidation sites excluding steroid dienone is 2. The summed E-state index contributed by atoms with van der Waals surface area (Å²) in [5, 5.41) is 0.621. The maximum atomic E-state index is 14.6. The van der Waals surface area contributed by atoms with E-state index in [1.807, 2.05) is 12.1 Å². The molecule has 2 aliphatic heterocycles. The quantitative estimate of drug-likeness (QED) is 0.708. The van der Waals surface area contributed by atoms with Crippen LogP contribution in [0.2, 0.25) is 5.02 Å². The van der Waals surface area contributed by atoms with Gasteiger partial charge in [-0.1, -0.05) is 23.7 Å². The molecule has 4 rings (SSSR count). The summed E-state index contributed by atoms with van der Waals surface area (Å²) in [6.07, 6.45) is 6.21. The zero-order valence-electron chi connectivity index (χ0n) is 10.9. The fourth-order valence-electron chi connectivity index (χ4n) is 2.93. The van der Waals surface area contributed by atoms with Crippen LogP contribution in [0, 0.1) is 0 Å². The zero-order chi connectivity index (χ0) is 14.6. The average Bonchev–Trinajstić information content (AvgIpc) is 3.10. The van der Waals surface area contributed by atoms with E-state index in [1.165, 1.54) is 12.4 Å². The summed E-state index contributed by atoms with van der Waals surface area (Å²) in [4.78, 5) is 0. The van der Waals surface area contributed by atoms with Gasteiger partial charge in [0.25, 0.3) is 0 Å². The normalized spacial score (nSPS) is 18.5. The van der Waals surface area contributed by atoms with Crippen LogP contribution in [0.4, 0.5) is 8.63 Å². The van der Waals surface area contributed by atoms with Gasteiger partial charge in [0.2, 0.25) is 0 Å². The van der Waals surface area contributed by atoms with Crippen LogP contribution >= 0.6 is 11.6 Å². The molecule has 0 amide bonds. The van der Waals surface area contributed by atoms with E-state index in [1.54, 1.807) is 36.4 Å². The van der Waals surface area contributed by atoms with Crippen molar-refractivity contribution in [3.05, 3.63) is 76.7 Å². The molecule has 21 heavy (non-hydrogen) atoms. The third-order valence-electron chi connectivity index (χ3n) is 3.87. The zero-order valence-corrected chi connectivity index (χ0v) is 11.6. The Balaban J connectivity index is 2.04. The molecule has 0 bridgehead atoms. The first-order valence-corrected chi connectivity index (χ1v) is 6.97. The minimum Gasteiger partial charge on any atom is -0.396 e. The molecule has 2 nitrogen and oxygen atoms in total. The van der Waals surface area contributed by atoms with E-state index < -0.39 is 6.97 Å². The fourth-order valence-corrected chi connectivity index (χ4v) is 3.06. The Bertz CT molecular complexity index is 832. The van der Waals surface area contributed by atoms with Crippen molar-refractivity contribution < 1.29 is 13.1 Å². The van der Waals surface area contributed by atoms with Gasteiger partial charge in [0.1, 0.15) is 6.21 Å². The molecule has 0 spiro atoms. The third-order valence-corrected chi connectivity index (χ3v) is 4.12. The van der Waals surface area contributed by atoms with Crippen LogP contribution in [0.25, 0.3) is 5.57 Å². The molecule has 1 aromatic carbocycles. The Labute approximate surface area is 125 Å². The van der Waals surface area contributed by atoms with Crippen LogP contribution in [-0.4, -0.2) is 22.1 Å². The van der Waals surface area contributed by atoms with E-state index in [0.29, 0.717) is 16.4 Å². The van der Waals surface area contributed by atoms with Crippen LogP contribution in [0.5, 0.6) is 0 Å². The second-order valence-corrected chi connectivity index (χ2v) is 5.51. The fraction of sp³-hybridized carbons (Fsp3) is 0. The van der Waals surface area contributed by atoms with Gasteiger partial charge in [0.05, 0.1) is 5.57 Å². The minimum absolute atomic E-state index is 0.522. The van der Waals surface area contributed by atoms with Gasteiger partial charge in [-0.05, 0) is 36.0 Å². The Hall–Kier alpha value is -2.14. The number of hydrogen-bond acceptors (Lipinski definition) is 0. The van der Waals surface area contributed by atoms with Gasteiger partial charge in [-0.3, -0.25) is 0 Å². The summed E-state index contributed by atoms with van der Waals surface area (Å²) in [5.74, 6) is 0. The Morgan fingerprint density at radius 3 is 2.62 bits per heavy atom. The molecule has 104 valence electrons. The van der Waals surface area contributed by atoms with Gasteiger partial charge in [-0.15, -0.1) is 0 Å². The van der Waals surface area contributed by atoms with E-state index in [9.17, 15) is 8.63 Å². The second-order valence-electron chi connectivity index (χ2n) is 5.07. The maximum absolute atomic E-state index is 14.6. The molecule has 1 aromatic heterocycles. The van der Waals surface area contributed by atoms with Crippen molar-refractivity contribution in [2.24, 2.45) is 0 Å². The van der Waals surface area contributed by atoms with Crippen LogP contribution in [0.15, 0.2) is 60.4 Å². The van der Waals surface area contributed by atoms with Gasteiger partial charge < -0.3 is 17.6 Å². The minimum atomic E-state index is -3.83. The molecule has 0 saturated carbocycles. The molecule has 0 unspecified atom stereocenters. The summed E-state index contributed by atoms with van der Waals surface area (Å²) in [6, 6.07) is 10.6. The molecule has 6 heteroatoms. The number of hydrogen-bond donors (Lipinski definition) is 0. The highest BCUT2D eigenvalue weighted by Gasteiger charge is 2.51. The van der Waals surface area contributed by atoms with E-state index in [4.69, 9.17) is 11.6 Å². The monoisotopic (exact) mass is 302 g/mol. The highest BCUT2D eigenvalue weighted by molar-refractivity contribution is 6.57. The molecule has 0 saturated heterocycles. The van der Waals surface area contributed by atoms with Crippen LogP contribution in [-0.2, 0) is 0 Å². The molecule has 0 N–H and O–H groups in total. The van der Waals surface area contributed by atoms with Crippen molar-refractivity contribution in [1.82, 2.24) is 4.48 Å². The maximum Gasteiger partial charge on any atom is 0.737 e. The largest absolute Gasteiger partial charge is 0.737 e. The van der Waals surface area contributed by atoms with Crippen molar-refractivity contribution in [1.29, 1.82) is 0 Å². The molecule has 0 atom stereocenters. The van der Waals surface area contributed by atoms with Gasteiger partial charge in [0, 0.05) is 22.9 Å². The van der Waals surface area contributed by atoms with Crippen molar-refractivity contribution in [2.45, 2.75) is 0 Å². The summed E-state index contributed by atoms with van der Waals surface area (Å²) in [6.45, 7) is -3.83. The highest BCUT2D eigenvalue weighted by Crippen LogP contribution is 2.38. The lowest BCUT2D eigenvalue weighted by Crippen LogP contribution is -2.49. The van der Waals surface area contributed by atoms with Gasteiger partial charge in [0.15, 0.2) is 5.70 Å². The second kappa shape index (κ2) is 4.18. The van der Waals surface area contributed by atoms with Crippen molar-refractivity contribution >= 4 is 30.4 Å². The first kappa shape index (κ1) is 12.6. The Morgan fingerprint density at radius 1 is 1.10 bits per heavy atom. The first-order chi connectivity index (χ1) is 10.1. The number of halogens is 3. The number of fused-ring (bicyclic) bond motifs is 2. The first-order valence-electron chi connectivity index (χ1n) is 6.59. The van der Waals surface area contributed by atoms with E-state index >= 15 is 0 Å². The van der Waals surface area contributed by atoms with Gasteiger partial charge in [-0.2, -0.15) is 0 Å². The van der Waals surface area contributed by atoms with Crippen molar-refractivity contribution in [3.8, 4) is 0 Å². The van der Waals surface area contributed by atoms with Crippen molar-refractivity contribution in [2.75, 3.05) is 0 Å². The van der Waals surface area contributed by atoms with Crippen LogP contribution < -0.4 is 0 Å². The summed E-state index contributed by atoms with van der Waals surface area (Å²) in [5.41, 5.74) is 2.70. The standard InChI is InChI=1S/C15H10BClF2N2/c17-12-7-5-11(6-8-12)15-13-3-1-9-20(13)16(18,19)21-10-2-4-14(15)21/h1-10H. The smallest absolute Gasteiger partial charge is 0.396 e. The molecule has 2 aliphatic rings. The molecule has 0 fully saturated rings. The number of nitrogens with zero attached hydrogens (tertiary/aromatic N) is 2. The number of rotatable bonds is 1. The average molecular weight is 303 g/mol. The molecule has 0 radical (unpaired) electrons. The molecular formula is C15H10BClF2N2. The predicted octanol–water partition coefficient (Wildman–Crippen LogP) is 3.79. The number of aromatic nitrogens is 1.